The summed E-state index contributed by atoms with van der Waals surface area (Å²) < 4.78 is 25.8. The van der Waals surface area contributed by atoms with Crippen molar-refractivity contribution in [2.24, 2.45) is 0 Å². The second-order valence-electron chi connectivity index (χ2n) is 6.00. The van der Waals surface area contributed by atoms with E-state index in [1.165, 1.54) is 5.56 Å². The van der Waals surface area contributed by atoms with E-state index >= 15 is 0 Å². The molecular weight excluding hydrogens is 312 g/mol. The Balaban J connectivity index is 1.86. The van der Waals surface area contributed by atoms with E-state index < -0.39 is 10.0 Å². The Morgan fingerprint density at radius 3 is 2.61 bits per heavy atom. The van der Waals surface area contributed by atoms with E-state index in [4.69, 9.17) is 0 Å². The van der Waals surface area contributed by atoms with Crippen LogP contribution in [-0.4, -0.2) is 44.5 Å². The predicted octanol–water partition coefficient (Wildman–Crippen LogP) is 2.42. The Labute approximate surface area is 139 Å². The monoisotopic (exact) mass is 338 g/mol. The van der Waals surface area contributed by atoms with Crippen molar-refractivity contribution in [1.29, 1.82) is 0 Å². The van der Waals surface area contributed by atoms with Gasteiger partial charge in [0.05, 0.1) is 5.75 Å². The molecule has 1 aliphatic rings. The highest BCUT2D eigenvalue weighted by molar-refractivity contribution is 7.89. The van der Waals surface area contributed by atoms with Crippen LogP contribution in [0.25, 0.3) is 0 Å². The number of nitrogens with zero attached hydrogens (tertiary/aromatic N) is 2. The van der Waals surface area contributed by atoms with E-state index in [1.54, 1.807) is 16.3 Å². The van der Waals surface area contributed by atoms with Gasteiger partial charge in [-0.15, -0.1) is 0 Å². The summed E-state index contributed by atoms with van der Waals surface area (Å²) in [6.07, 6.45) is 3.42. The third-order valence-corrected chi connectivity index (χ3v) is 6.29. The first kappa shape index (κ1) is 17.9. The van der Waals surface area contributed by atoms with E-state index in [0.29, 0.717) is 19.5 Å². The Kier molecular flexibility index (Phi) is 6.18. The van der Waals surface area contributed by atoms with Crippen LogP contribution in [0.4, 0.5) is 5.69 Å². The SMILES string of the molecule is CCc1cccc(N(C)C(=O)CCCS(=O)(=O)N2CCCC2)c1. The number of aryl methyl sites for hydroxylation is 1. The third-order valence-electron chi connectivity index (χ3n) is 4.33. The normalized spacial score (nSPS) is 15.7. The summed E-state index contributed by atoms with van der Waals surface area (Å²) in [4.78, 5) is 13.9. The number of hydrogen-bond acceptors (Lipinski definition) is 3. The van der Waals surface area contributed by atoms with Crippen LogP contribution in [0.5, 0.6) is 0 Å². The lowest BCUT2D eigenvalue weighted by atomic mass is 10.1. The minimum atomic E-state index is -3.19. The van der Waals surface area contributed by atoms with Crippen molar-refractivity contribution in [2.45, 2.75) is 39.0 Å². The van der Waals surface area contributed by atoms with Crippen LogP contribution in [0, 0.1) is 0 Å². The van der Waals surface area contributed by atoms with E-state index in [0.717, 1.165) is 24.9 Å². The maximum Gasteiger partial charge on any atom is 0.226 e. The van der Waals surface area contributed by atoms with Crippen LogP contribution >= 0.6 is 0 Å². The molecule has 0 bridgehead atoms. The molecule has 2 rings (SSSR count). The minimum absolute atomic E-state index is 0.0464. The zero-order chi connectivity index (χ0) is 16.9. The van der Waals surface area contributed by atoms with E-state index in [2.05, 4.69) is 6.92 Å². The van der Waals surface area contributed by atoms with Crippen molar-refractivity contribution in [3.05, 3.63) is 29.8 Å². The largest absolute Gasteiger partial charge is 0.315 e. The third kappa shape index (κ3) is 4.78. The molecule has 128 valence electrons. The summed E-state index contributed by atoms with van der Waals surface area (Å²) in [7, 11) is -1.45. The van der Waals surface area contributed by atoms with Crippen molar-refractivity contribution in [3.8, 4) is 0 Å². The van der Waals surface area contributed by atoms with Gasteiger partial charge in [0.2, 0.25) is 15.9 Å². The predicted molar refractivity (Wildman–Crippen MR) is 93.1 cm³/mol. The van der Waals surface area contributed by atoms with Gasteiger partial charge in [-0.3, -0.25) is 4.79 Å². The second-order valence-corrected chi connectivity index (χ2v) is 8.09. The molecule has 0 aromatic heterocycles. The van der Waals surface area contributed by atoms with Gasteiger partial charge >= 0.3 is 0 Å². The smallest absolute Gasteiger partial charge is 0.226 e. The number of amides is 1. The molecule has 1 heterocycles. The summed E-state index contributed by atoms with van der Waals surface area (Å²) in [6, 6.07) is 7.87. The molecule has 1 aromatic carbocycles. The standard InChI is InChI=1S/C17H26N2O3S/c1-3-15-8-6-9-16(14-15)18(2)17(20)10-7-13-23(21,22)19-11-4-5-12-19/h6,8-9,14H,3-5,7,10-13H2,1-2H3. The molecule has 1 aromatic rings. The molecule has 0 atom stereocenters. The van der Waals surface area contributed by atoms with Crippen molar-refractivity contribution >= 4 is 21.6 Å². The van der Waals surface area contributed by atoms with Crippen molar-refractivity contribution in [2.75, 3.05) is 30.8 Å². The number of sulfonamides is 1. The minimum Gasteiger partial charge on any atom is -0.315 e. The first-order valence-electron chi connectivity index (χ1n) is 8.27. The van der Waals surface area contributed by atoms with Gasteiger partial charge in [0.25, 0.3) is 0 Å². The highest BCUT2D eigenvalue weighted by Gasteiger charge is 2.25. The molecule has 0 unspecified atom stereocenters. The van der Waals surface area contributed by atoms with Gasteiger partial charge in [-0.2, -0.15) is 0 Å². The van der Waals surface area contributed by atoms with Gasteiger partial charge in [0.15, 0.2) is 0 Å². The van der Waals surface area contributed by atoms with Crippen LogP contribution in [0.2, 0.25) is 0 Å². The molecule has 0 N–H and O–H groups in total. The Hall–Kier alpha value is -1.40. The molecule has 0 spiro atoms. The molecule has 1 saturated heterocycles. The fourth-order valence-corrected chi connectivity index (χ4v) is 4.38. The van der Waals surface area contributed by atoms with Gasteiger partial charge in [-0.05, 0) is 43.4 Å². The van der Waals surface area contributed by atoms with Gasteiger partial charge in [-0.25, -0.2) is 12.7 Å². The molecule has 6 heteroatoms. The number of hydrogen-bond donors (Lipinski definition) is 0. The Bertz CT molecular complexity index is 637. The molecule has 0 aliphatic carbocycles. The number of anilines is 1. The molecule has 1 aliphatic heterocycles. The van der Waals surface area contributed by atoms with E-state index in [1.807, 2.05) is 24.3 Å². The van der Waals surface area contributed by atoms with Gasteiger partial charge in [-0.1, -0.05) is 19.1 Å². The second kappa shape index (κ2) is 7.93. The van der Waals surface area contributed by atoms with Crippen LogP contribution in [0.3, 0.4) is 0 Å². The molecule has 1 fully saturated rings. The maximum atomic E-state index is 12.3. The lowest BCUT2D eigenvalue weighted by Gasteiger charge is -2.19. The highest BCUT2D eigenvalue weighted by Crippen LogP contribution is 2.18. The average Bonchev–Trinajstić information content (AvgIpc) is 3.09. The number of carbonyl (C=O) groups is 1. The van der Waals surface area contributed by atoms with E-state index in [-0.39, 0.29) is 18.1 Å². The maximum absolute atomic E-state index is 12.3. The van der Waals surface area contributed by atoms with Gasteiger partial charge < -0.3 is 4.90 Å². The summed E-state index contributed by atoms with van der Waals surface area (Å²) in [5.74, 6) is 0.0107. The van der Waals surface area contributed by atoms with Crippen molar-refractivity contribution < 1.29 is 13.2 Å². The molecule has 0 saturated carbocycles. The summed E-state index contributed by atoms with van der Waals surface area (Å²) in [5.41, 5.74) is 2.04. The van der Waals surface area contributed by atoms with Gasteiger partial charge in [0.1, 0.15) is 0 Å². The summed E-state index contributed by atoms with van der Waals surface area (Å²) in [5, 5.41) is 0. The average molecular weight is 338 g/mol. The van der Waals surface area contributed by atoms with Crippen molar-refractivity contribution in [3.63, 3.8) is 0 Å². The zero-order valence-electron chi connectivity index (χ0n) is 14.0. The molecular formula is C17H26N2O3S. The van der Waals surface area contributed by atoms with Crippen LogP contribution in [0.15, 0.2) is 24.3 Å². The lowest BCUT2D eigenvalue weighted by Crippen LogP contribution is -2.31. The Morgan fingerprint density at radius 1 is 1.26 bits per heavy atom. The van der Waals surface area contributed by atoms with Crippen LogP contribution < -0.4 is 4.90 Å². The zero-order valence-corrected chi connectivity index (χ0v) is 14.8. The fraction of sp³-hybridized carbons (Fsp3) is 0.588. The Morgan fingerprint density at radius 2 is 1.96 bits per heavy atom. The van der Waals surface area contributed by atoms with Crippen LogP contribution in [-0.2, 0) is 21.2 Å². The number of carbonyl (C=O) groups excluding carboxylic acids is 1. The summed E-state index contributed by atoms with van der Waals surface area (Å²) >= 11 is 0. The lowest BCUT2D eigenvalue weighted by molar-refractivity contribution is -0.118. The topological polar surface area (TPSA) is 57.7 Å². The molecule has 23 heavy (non-hydrogen) atoms. The first-order chi connectivity index (χ1) is 10.9. The fourth-order valence-electron chi connectivity index (χ4n) is 2.80. The van der Waals surface area contributed by atoms with Crippen LogP contribution in [0.1, 0.15) is 38.2 Å². The van der Waals surface area contributed by atoms with Gasteiger partial charge in [0, 0.05) is 32.2 Å². The van der Waals surface area contributed by atoms with Crippen molar-refractivity contribution in [1.82, 2.24) is 4.31 Å². The first-order valence-corrected chi connectivity index (χ1v) is 9.88. The van der Waals surface area contributed by atoms with E-state index in [9.17, 15) is 13.2 Å². The molecule has 0 radical (unpaired) electrons. The summed E-state index contributed by atoms with van der Waals surface area (Å²) in [6.45, 7) is 3.32. The quantitative estimate of drug-likeness (QED) is 0.767. The number of rotatable bonds is 7. The molecule has 5 nitrogen and oxygen atoms in total. The molecule has 1 amide bonds. The number of benzene rings is 1. The highest BCUT2D eigenvalue weighted by atomic mass is 32.2.